The van der Waals surface area contributed by atoms with E-state index in [1.165, 1.54) is 5.56 Å². The van der Waals surface area contributed by atoms with Gasteiger partial charge in [0, 0.05) is 23.4 Å². The average molecular weight is 594 g/mol. The molecule has 9 nitrogen and oxygen atoms in total. The van der Waals surface area contributed by atoms with Crippen LogP contribution in [0.2, 0.25) is 0 Å². The van der Waals surface area contributed by atoms with E-state index in [4.69, 9.17) is 5.73 Å². The highest BCUT2D eigenvalue weighted by Gasteiger charge is 2.57. The number of allylic oxidation sites excluding steroid dienone is 1. The third kappa shape index (κ3) is 3.84. The number of amides is 2. The zero-order chi connectivity index (χ0) is 29.8. The maximum absolute atomic E-state index is 14.0. The van der Waals surface area contributed by atoms with Crippen LogP contribution in [0.15, 0.2) is 46.5 Å². The van der Waals surface area contributed by atoms with Crippen molar-refractivity contribution in [3.63, 3.8) is 0 Å². The maximum Gasteiger partial charge on any atom is 0.272 e. The molecule has 2 amide bonds. The third-order valence-corrected chi connectivity index (χ3v) is 13.3. The highest BCUT2D eigenvalue weighted by atomic mass is 32.2. The van der Waals surface area contributed by atoms with Crippen LogP contribution in [-0.4, -0.2) is 99.0 Å². The average Bonchev–Trinajstić information content (AvgIpc) is 3.28. The quantitative estimate of drug-likeness (QED) is 0.375. The van der Waals surface area contributed by atoms with Gasteiger partial charge in [0.15, 0.2) is 6.54 Å². The summed E-state index contributed by atoms with van der Waals surface area (Å²) in [5.41, 5.74) is 9.45. The Balaban J connectivity index is 1.15. The minimum atomic E-state index is -3.72. The van der Waals surface area contributed by atoms with Crippen molar-refractivity contribution in [2.24, 2.45) is 23.5 Å². The molecule has 224 valence electrons. The van der Waals surface area contributed by atoms with Gasteiger partial charge in [0.1, 0.15) is 39.3 Å². The second kappa shape index (κ2) is 9.27. The molecule has 0 radical (unpaired) electrons. The molecule has 42 heavy (non-hydrogen) atoms. The molecule has 4 fully saturated rings. The predicted molar refractivity (Wildman–Crippen MR) is 162 cm³/mol. The molecule has 10 heteroatoms. The monoisotopic (exact) mass is 593 g/mol. The lowest BCUT2D eigenvalue weighted by molar-refractivity contribution is -1.08. The molecule has 0 saturated carbocycles. The molecule has 0 aromatic heterocycles. The first-order valence-corrected chi connectivity index (χ1v) is 16.9. The van der Waals surface area contributed by atoms with E-state index in [0.29, 0.717) is 11.4 Å². The number of β-lactam (4-membered cyclic amide) rings is 1. The van der Waals surface area contributed by atoms with Gasteiger partial charge in [-0.2, -0.15) is 0 Å². The van der Waals surface area contributed by atoms with Gasteiger partial charge in [-0.15, -0.1) is 0 Å². The summed E-state index contributed by atoms with van der Waals surface area (Å²) in [5.74, 6) is 0.334. The van der Waals surface area contributed by atoms with Crippen molar-refractivity contribution in [1.82, 2.24) is 4.90 Å². The summed E-state index contributed by atoms with van der Waals surface area (Å²) in [5, 5.41) is 1.85. The second-order valence-electron chi connectivity index (χ2n) is 13.9. The zero-order valence-corrected chi connectivity index (χ0v) is 26.0. The lowest BCUT2D eigenvalue weighted by Crippen LogP contribution is -2.76. The van der Waals surface area contributed by atoms with Gasteiger partial charge in [-0.1, -0.05) is 39.0 Å². The first-order chi connectivity index (χ1) is 19.9. The number of hydrogen-bond donors (Lipinski definition) is 1. The van der Waals surface area contributed by atoms with Gasteiger partial charge >= 0.3 is 0 Å². The van der Waals surface area contributed by atoms with E-state index in [9.17, 15) is 18.0 Å². The fourth-order valence-corrected chi connectivity index (χ4v) is 10.6. The van der Waals surface area contributed by atoms with Crippen molar-refractivity contribution < 1.29 is 27.0 Å². The van der Waals surface area contributed by atoms with E-state index in [-0.39, 0.29) is 42.2 Å². The third-order valence-electron chi connectivity index (χ3n) is 11.5. The highest BCUT2D eigenvalue weighted by molar-refractivity contribution is 7.93. The van der Waals surface area contributed by atoms with Crippen LogP contribution in [-0.2, 0) is 26.0 Å². The predicted octanol–water partition coefficient (Wildman–Crippen LogP) is 2.44. The minimum absolute atomic E-state index is 0.00413. The maximum atomic E-state index is 14.0. The number of benzene rings is 2. The molecular formula is C32H43N5O4S+2. The van der Waals surface area contributed by atoms with Gasteiger partial charge in [-0.25, -0.2) is 8.42 Å². The number of hydrogen-bond acceptors (Lipinski definition) is 4. The van der Waals surface area contributed by atoms with Gasteiger partial charge in [-0.05, 0) is 41.5 Å². The van der Waals surface area contributed by atoms with Gasteiger partial charge in [-0.3, -0.25) is 13.9 Å². The lowest BCUT2D eigenvalue weighted by Gasteiger charge is -2.55. The Hall–Kier alpha value is -2.95. The van der Waals surface area contributed by atoms with E-state index >= 15 is 0 Å². The largest absolute Gasteiger partial charge is 0.365 e. The van der Waals surface area contributed by atoms with Crippen LogP contribution < -0.4 is 10.0 Å². The molecule has 0 aliphatic carbocycles. The number of rotatable bonds is 8. The molecule has 2 bridgehead atoms. The highest BCUT2D eigenvalue weighted by Crippen LogP contribution is 2.50. The van der Waals surface area contributed by atoms with Crippen molar-refractivity contribution >= 4 is 38.3 Å². The summed E-state index contributed by atoms with van der Waals surface area (Å²) in [7, 11) is -3.72. The molecule has 2 N–H and O–H groups in total. The summed E-state index contributed by atoms with van der Waals surface area (Å²) >= 11 is 0. The Morgan fingerprint density at radius 3 is 2.36 bits per heavy atom. The van der Waals surface area contributed by atoms with Crippen molar-refractivity contribution in [2.45, 2.75) is 45.1 Å². The van der Waals surface area contributed by atoms with E-state index in [0.717, 1.165) is 88.9 Å². The van der Waals surface area contributed by atoms with Crippen LogP contribution in [0.3, 0.4) is 0 Å². The first kappa shape index (κ1) is 27.9. The summed E-state index contributed by atoms with van der Waals surface area (Å²) in [4.78, 5) is 26.9. The number of nitrogens with two attached hydrogens (primary N) is 1. The molecule has 0 unspecified atom stereocenters. The van der Waals surface area contributed by atoms with Gasteiger partial charge in [0.05, 0.1) is 35.6 Å². The molecule has 2 aromatic rings. The van der Waals surface area contributed by atoms with Crippen LogP contribution in [0, 0.1) is 17.8 Å². The summed E-state index contributed by atoms with van der Waals surface area (Å²) < 4.78 is 31.5. The summed E-state index contributed by atoms with van der Waals surface area (Å²) in [6.07, 6.45) is 0.882. The smallest absolute Gasteiger partial charge is 0.272 e. The van der Waals surface area contributed by atoms with E-state index in [1.54, 1.807) is 4.31 Å². The minimum Gasteiger partial charge on any atom is -0.365 e. The molecule has 0 spiro atoms. The van der Waals surface area contributed by atoms with Crippen molar-refractivity contribution in [3.8, 4) is 0 Å². The molecule has 6 aliphatic heterocycles. The Morgan fingerprint density at radius 2 is 1.71 bits per heavy atom. The number of anilines is 1. The van der Waals surface area contributed by atoms with Gasteiger partial charge in [0.2, 0.25) is 5.91 Å². The topological polar surface area (TPSA) is 101 Å². The normalized spacial score (nSPS) is 32.7. The molecule has 8 rings (SSSR count). The molecular weight excluding hydrogens is 550 g/mol. The summed E-state index contributed by atoms with van der Waals surface area (Å²) in [6, 6.07) is 9.93. The number of carbonyl (C=O) groups excluding carboxylic acids is 2. The molecule has 2 aromatic carbocycles. The Labute approximate surface area is 248 Å². The molecule has 6 heterocycles. The zero-order valence-electron chi connectivity index (χ0n) is 25.2. The van der Waals surface area contributed by atoms with Crippen LogP contribution in [0.25, 0.3) is 10.8 Å². The fraction of sp³-hybridized carbons (Fsp3) is 0.562. The van der Waals surface area contributed by atoms with Gasteiger partial charge < -0.3 is 19.6 Å². The molecule has 3 atom stereocenters. The summed E-state index contributed by atoms with van der Waals surface area (Å²) in [6.45, 7) is 16.2. The fourth-order valence-electron chi connectivity index (χ4n) is 8.92. The Bertz CT molecular complexity index is 1640. The van der Waals surface area contributed by atoms with Gasteiger partial charge in [0.25, 0.3) is 15.9 Å². The van der Waals surface area contributed by atoms with Crippen molar-refractivity contribution in [1.29, 1.82) is 0 Å². The number of fused-ring (bicyclic) bond motifs is 4. The van der Waals surface area contributed by atoms with E-state index < -0.39 is 10.0 Å². The van der Waals surface area contributed by atoms with E-state index in [1.807, 2.05) is 36.1 Å². The number of nitrogens with zero attached hydrogens (tertiary/aromatic N) is 4. The molecule has 4 saturated heterocycles. The Kier molecular flexibility index (Phi) is 6.15. The van der Waals surface area contributed by atoms with Crippen LogP contribution in [0.5, 0.6) is 0 Å². The Morgan fingerprint density at radius 1 is 1.05 bits per heavy atom. The number of carbonyl (C=O) groups is 2. The van der Waals surface area contributed by atoms with Crippen LogP contribution >= 0.6 is 0 Å². The standard InChI is InChI=1S/C32H42N5O4S/c1-20(2)29-31-21(3)25(22(4)35(31)32(29)39)18-34-26-7-5-6-24-23(8-9-27(30(24)26)42(34,40)41)10-11-36-12-15-37(16-13-36,17-14-36)19-28(33)38/h5-9,20-21,29,31H,10-19H2,1-4H3,(H-,33,38)/q+1/p+1/t21-,29+,31+,36?,37?/m0/s1. The number of piperazine rings is 3. The van der Waals surface area contributed by atoms with Crippen molar-refractivity contribution in [3.05, 3.63) is 47.2 Å². The first-order valence-electron chi connectivity index (χ1n) is 15.5. The molecule has 6 aliphatic rings. The van der Waals surface area contributed by atoms with Crippen LogP contribution in [0.4, 0.5) is 5.69 Å². The van der Waals surface area contributed by atoms with E-state index in [2.05, 4.69) is 26.8 Å². The second-order valence-corrected chi connectivity index (χ2v) is 15.8. The SMILES string of the molecule is CC1=C(CN2c3cccc4c(CC[N+]56CC[N+](CC(N)=O)(CC5)CC6)ccc(c34)S2(=O)=O)[C@H](C)[C@@H]2[C@@H](C(C)C)C(=O)N12. The number of primary amides is 1. The lowest BCUT2D eigenvalue weighted by atomic mass is 9.74. The van der Waals surface area contributed by atoms with Crippen LogP contribution in [0.1, 0.15) is 33.3 Å². The number of quaternary nitrogens is 2. The number of sulfonamides is 1. The van der Waals surface area contributed by atoms with Crippen molar-refractivity contribution in [2.75, 3.05) is 63.2 Å².